The summed E-state index contributed by atoms with van der Waals surface area (Å²) in [6.45, 7) is 3.38. The molecular weight excluding hydrogens is 222 g/mol. The number of rotatable bonds is 4. The van der Waals surface area contributed by atoms with Crippen LogP contribution in [0.15, 0.2) is 18.2 Å². The second-order valence-electron chi connectivity index (χ2n) is 4.26. The molecule has 0 saturated heterocycles. The van der Waals surface area contributed by atoms with Gasteiger partial charge in [-0.1, -0.05) is 6.92 Å². The largest absolute Gasteiger partial charge is 0.508 e. The number of phenols is 2. The SMILES string of the molecule is CCC(C)(CO)NC(=O)c1cc(O)cc(O)c1. The minimum atomic E-state index is -0.710. The highest BCUT2D eigenvalue weighted by Crippen LogP contribution is 2.21. The van der Waals surface area contributed by atoms with E-state index in [-0.39, 0.29) is 23.7 Å². The van der Waals surface area contributed by atoms with Crippen molar-refractivity contribution < 1.29 is 20.1 Å². The number of amides is 1. The van der Waals surface area contributed by atoms with Crippen molar-refractivity contribution in [1.82, 2.24) is 5.32 Å². The molecule has 0 radical (unpaired) electrons. The van der Waals surface area contributed by atoms with Crippen molar-refractivity contribution in [2.45, 2.75) is 25.8 Å². The Kier molecular flexibility index (Phi) is 3.96. The minimum Gasteiger partial charge on any atom is -0.508 e. The predicted octanol–water partition coefficient (Wildman–Crippen LogP) is 0.989. The molecule has 0 heterocycles. The van der Waals surface area contributed by atoms with Crippen LogP contribution in [0.4, 0.5) is 0 Å². The van der Waals surface area contributed by atoms with E-state index in [0.29, 0.717) is 6.42 Å². The Hall–Kier alpha value is -1.75. The molecule has 1 aromatic rings. The van der Waals surface area contributed by atoms with Crippen molar-refractivity contribution in [3.8, 4) is 11.5 Å². The smallest absolute Gasteiger partial charge is 0.252 e. The van der Waals surface area contributed by atoms with E-state index in [9.17, 15) is 20.1 Å². The fourth-order valence-corrected chi connectivity index (χ4v) is 1.31. The molecule has 0 aliphatic carbocycles. The van der Waals surface area contributed by atoms with Crippen LogP contribution < -0.4 is 5.32 Å². The Balaban J connectivity index is 2.90. The first-order valence-corrected chi connectivity index (χ1v) is 5.36. The lowest BCUT2D eigenvalue weighted by Gasteiger charge is -2.27. The lowest BCUT2D eigenvalue weighted by atomic mass is 9.99. The maximum absolute atomic E-state index is 11.8. The summed E-state index contributed by atoms with van der Waals surface area (Å²) in [4.78, 5) is 11.8. The monoisotopic (exact) mass is 239 g/mol. The topological polar surface area (TPSA) is 89.8 Å². The van der Waals surface area contributed by atoms with Gasteiger partial charge in [-0.05, 0) is 25.5 Å². The number of aliphatic hydroxyl groups is 1. The average molecular weight is 239 g/mol. The second kappa shape index (κ2) is 5.05. The molecule has 1 aromatic carbocycles. The minimum absolute atomic E-state index is 0.149. The first kappa shape index (κ1) is 13.3. The molecule has 0 bridgehead atoms. The fourth-order valence-electron chi connectivity index (χ4n) is 1.31. The third-order valence-corrected chi connectivity index (χ3v) is 2.71. The van der Waals surface area contributed by atoms with Gasteiger partial charge in [-0.2, -0.15) is 0 Å². The van der Waals surface area contributed by atoms with Crippen LogP contribution in [-0.4, -0.2) is 33.4 Å². The van der Waals surface area contributed by atoms with E-state index in [1.807, 2.05) is 6.92 Å². The Morgan fingerprint density at radius 1 is 1.29 bits per heavy atom. The summed E-state index contributed by atoms with van der Waals surface area (Å²) in [6.07, 6.45) is 0.569. The zero-order valence-electron chi connectivity index (χ0n) is 9.90. The molecule has 4 N–H and O–H groups in total. The van der Waals surface area contributed by atoms with E-state index in [1.165, 1.54) is 12.1 Å². The van der Waals surface area contributed by atoms with Gasteiger partial charge in [0.25, 0.3) is 5.91 Å². The quantitative estimate of drug-likeness (QED) is 0.630. The van der Waals surface area contributed by atoms with E-state index >= 15 is 0 Å². The van der Waals surface area contributed by atoms with Crippen molar-refractivity contribution >= 4 is 5.91 Å². The Labute approximate surface area is 99.7 Å². The van der Waals surface area contributed by atoms with Gasteiger partial charge >= 0.3 is 0 Å². The molecule has 1 amide bonds. The van der Waals surface area contributed by atoms with Crippen LogP contribution in [0.3, 0.4) is 0 Å². The van der Waals surface area contributed by atoms with E-state index in [2.05, 4.69) is 5.32 Å². The average Bonchev–Trinajstić information content (AvgIpc) is 2.27. The number of nitrogens with one attached hydrogen (secondary N) is 1. The van der Waals surface area contributed by atoms with E-state index in [0.717, 1.165) is 6.07 Å². The van der Waals surface area contributed by atoms with Crippen molar-refractivity contribution in [1.29, 1.82) is 0 Å². The number of hydrogen-bond donors (Lipinski definition) is 4. The maximum atomic E-state index is 11.8. The van der Waals surface area contributed by atoms with Gasteiger partial charge in [0.05, 0.1) is 12.1 Å². The van der Waals surface area contributed by atoms with Crippen LogP contribution in [0.25, 0.3) is 0 Å². The number of benzene rings is 1. The number of carbonyl (C=O) groups excluding carboxylic acids is 1. The summed E-state index contributed by atoms with van der Waals surface area (Å²) in [7, 11) is 0. The predicted molar refractivity (Wildman–Crippen MR) is 63.0 cm³/mol. The Bertz CT molecular complexity index is 393. The number of phenolic OH excluding ortho intramolecular Hbond substituents is 2. The van der Waals surface area contributed by atoms with Gasteiger partial charge in [0, 0.05) is 11.6 Å². The summed E-state index contributed by atoms with van der Waals surface area (Å²) in [5.41, 5.74) is -0.561. The molecule has 0 aliphatic rings. The Morgan fingerprint density at radius 2 is 1.82 bits per heavy atom. The zero-order chi connectivity index (χ0) is 13.1. The van der Waals surface area contributed by atoms with Crippen LogP contribution >= 0.6 is 0 Å². The third kappa shape index (κ3) is 3.35. The molecule has 0 fully saturated rings. The summed E-state index contributed by atoms with van der Waals surface area (Å²) >= 11 is 0. The molecule has 94 valence electrons. The molecule has 17 heavy (non-hydrogen) atoms. The first-order chi connectivity index (χ1) is 7.90. The highest BCUT2D eigenvalue weighted by atomic mass is 16.3. The number of aliphatic hydroxyl groups excluding tert-OH is 1. The zero-order valence-corrected chi connectivity index (χ0v) is 9.90. The molecule has 5 heteroatoms. The molecule has 1 rings (SSSR count). The van der Waals surface area contributed by atoms with Gasteiger partial charge in [0.2, 0.25) is 0 Å². The van der Waals surface area contributed by atoms with Gasteiger partial charge < -0.3 is 20.6 Å². The van der Waals surface area contributed by atoms with E-state index in [1.54, 1.807) is 6.92 Å². The molecule has 5 nitrogen and oxygen atoms in total. The molecule has 0 saturated carbocycles. The first-order valence-electron chi connectivity index (χ1n) is 5.36. The summed E-state index contributed by atoms with van der Waals surface area (Å²) in [5, 5.41) is 30.4. The third-order valence-electron chi connectivity index (χ3n) is 2.71. The van der Waals surface area contributed by atoms with Gasteiger partial charge in [0.1, 0.15) is 11.5 Å². The fraction of sp³-hybridized carbons (Fsp3) is 0.417. The molecule has 1 atom stereocenters. The van der Waals surface area contributed by atoms with Crippen LogP contribution in [0.1, 0.15) is 30.6 Å². The van der Waals surface area contributed by atoms with E-state index < -0.39 is 11.4 Å². The van der Waals surface area contributed by atoms with Gasteiger partial charge in [-0.25, -0.2) is 0 Å². The summed E-state index contributed by atoms with van der Waals surface area (Å²) in [5.74, 6) is -0.815. The van der Waals surface area contributed by atoms with Crippen LogP contribution in [0.2, 0.25) is 0 Å². The van der Waals surface area contributed by atoms with Crippen LogP contribution in [0.5, 0.6) is 11.5 Å². The molecule has 0 aliphatic heterocycles. The van der Waals surface area contributed by atoms with Crippen molar-refractivity contribution in [2.75, 3.05) is 6.61 Å². The summed E-state index contributed by atoms with van der Waals surface area (Å²) in [6, 6.07) is 3.65. The lowest BCUT2D eigenvalue weighted by Crippen LogP contribution is -2.48. The number of carbonyl (C=O) groups is 1. The number of hydrogen-bond acceptors (Lipinski definition) is 4. The van der Waals surface area contributed by atoms with Crippen LogP contribution in [0, 0.1) is 0 Å². The maximum Gasteiger partial charge on any atom is 0.252 e. The van der Waals surface area contributed by atoms with Crippen molar-refractivity contribution in [3.63, 3.8) is 0 Å². The molecule has 0 spiro atoms. The number of aromatic hydroxyl groups is 2. The second-order valence-corrected chi connectivity index (χ2v) is 4.26. The highest BCUT2D eigenvalue weighted by Gasteiger charge is 2.24. The van der Waals surface area contributed by atoms with Crippen molar-refractivity contribution in [2.24, 2.45) is 0 Å². The standard InChI is InChI=1S/C12H17NO4/c1-3-12(2,7-14)13-11(17)8-4-9(15)6-10(16)5-8/h4-6,14-16H,3,7H2,1-2H3,(H,13,17). The van der Waals surface area contributed by atoms with Crippen LogP contribution in [-0.2, 0) is 0 Å². The normalized spacial score (nSPS) is 14.1. The molecule has 0 aromatic heterocycles. The Morgan fingerprint density at radius 3 is 2.24 bits per heavy atom. The highest BCUT2D eigenvalue weighted by molar-refractivity contribution is 5.95. The lowest BCUT2D eigenvalue weighted by molar-refractivity contribution is 0.0846. The van der Waals surface area contributed by atoms with Gasteiger partial charge in [0.15, 0.2) is 0 Å². The van der Waals surface area contributed by atoms with Gasteiger partial charge in [-0.15, -0.1) is 0 Å². The molecule has 1 unspecified atom stereocenters. The summed E-state index contributed by atoms with van der Waals surface area (Å²) < 4.78 is 0. The van der Waals surface area contributed by atoms with Crippen molar-refractivity contribution in [3.05, 3.63) is 23.8 Å². The van der Waals surface area contributed by atoms with E-state index in [4.69, 9.17) is 0 Å². The molecular formula is C12H17NO4. The van der Waals surface area contributed by atoms with Gasteiger partial charge in [-0.3, -0.25) is 4.79 Å².